The number of hydrogen-bond donors (Lipinski definition) is 2. The quantitative estimate of drug-likeness (QED) is 0.753. The number of carbonyl (C=O) groups is 1. The molecule has 1 aromatic heterocycles. The third-order valence-electron chi connectivity index (χ3n) is 3.48. The second-order valence-corrected chi connectivity index (χ2v) is 5.16. The van der Waals surface area contributed by atoms with Crippen LogP contribution in [0, 0.1) is 22.7 Å². The Balaban J connectivity index is 1.82. The number of carbonyl (C=O) groups excluding carboxylic acids is 1. The van der Waals surface area contributed by atoms with E-state index in [0.717, 1.165) is 0 Å². The highest BCUT2D eigenvalue weighted by Crippen LogP contribution is 2.18. The van der Waals surface area contributed by atoms with Crippen molar-refractivity contribution in [1.29, 1.82) is 10.5 Å². The number of nitrogens with zero attached hydrogens (tertiary/aromatic N) is 4. The predicted molar refractivity (Wildman–Crippen MR) is 95.6 cm³/mol. The number of anilines is 3. The number of benzene rings is 2. The van der Waals surface area contributed by atoms with Crippen molar-refractivity contribution in [3.63, 3.8) is 0 Å². The first-order valence-electron chi connectivity index (χ1n) is 7.61. The topological polar surface area (TPSA) is 114 Å². The average molecular weight is 340 g/mol. The minimum absolute atomic E-state index is 0.129. The molecule has 124 valence electrons. The lowest BCUT2D eigenvalue weighted by Gasteiger charge is -2.09. The SMILES string of the molecule is N#Cc1ccccc1NC(=O)c1ccnc(Nc2ccccc2C#N)n1. The summed E-state index contributed by atoms with van der Waals surface area (Å²) in [5, 5.41) is 23.8. The van der Waals surface area contributed by atoms with E-state index in [4.69, 9.17) is 10.5 Å². The van der Waals surface area contributed by atoms with Gasteiger partial charge in [0.2, 0.25) is 5.95 Å². The van der Waals surface area contributed by atoms with Crippen LogP contribution in [-0.4, -0.2) is 15.9 Å². The summed E-state index contributed by atoms with van der Waals surface area (Å²) in [4.78, 5) is 20.7. The normalized spacial score (nSPS) is 9.62. The van der Waals surface area contributed by atoms with Gasteiger partial charge in [-0.2, -0.15) is 10.5 Å². The number of amides is 1. The maximum absolute atomic E-state index is 12.4. The second-order valence-electron chi connectivity index (χ2n) is 5.16. The fourth-order valence-corrected chi connectivity index (χ4v) is 2.23. The maximum atomic E-state index is 12.4. The van der Waals surface area contributed by atoms with Crippen molar-refractivity contribution in [2.45, 2.75) is 0 Å². The van der Waals surface area contributed by atoms with Gasteiger partial charge in [-0.1, -0.05) is 24.3 Å². The number of nitrogens with one attached hydrogen (secondary N) is 2. The van der Waals surface area contributed by atoms with Gasteiger partial charge in [-0.15, -0.1) is 0 Å². The Kier molecular flexibility index (Phi) is 4.83. The molecule has 26 heavy (non-hydrogen) atoms. The zero-order valence-electron chi connectivity index (χ0n) is 13.5. The van der Waals surface area contributed by atoms with Crippen molar-refractivity contribution >= 4 is 23.2 Å². The van der Waals surface area contributed by atoms with Crippen molar-refractivity contribution in [3.8, 4) is 12.1 Å². The van der Waals surface area contributed by atoms with Crippen molar-refractivity contribution in [2.75, 3.05) is 10.6 Å². The van der Waals surface area contributed by atoms with Crippen LogP contribution in [0.2, 0.25) is 0 Å². The van der Waals surface area contributed by atoms with Crippen LogP contribution in [-0.2, 0) is 0 Å². The van der Waals surface area contributed by atoms with Crippen molar-refractivity contribution in [3.05, 3.63) is 77.6 Å². The smallest absolute Gasteiger partial charge is 0.274 e. The van der Waals surface area contributed by atoms with E-state index in [-0.39, 0.29) is 11.6 Å². The lowest BCUT2D eigenvalue weighted by molar-refractivity contribution is 0.102. The summed E-state index contributed by atoms with van der Waals surface area (Å²) in [6.07, 6.45) is 1.44. The number of rotatable bonds is 4. The fourth-order valence-electron chi connectivity index (χ4n) is 2.23. The molecule has 1 heterocycles. The molecule has 0 spiro atoms. The van der Waals surface area contributed by atoms with Gasteiger partial charge < -0.3 is 10.6 Å². The maximum Gasteiger partial charge on any atom is 0.274 e. The summed E-state index contributed by atoms with van der Waals surface area (Å²) in [7, 11) is 0. The first kappa shape index (κ1) is 16.6. The summed E-state index contributed by atoms with van der Waals surface area (Å²) in [6, 6.07) is 19.2. The highest BCUT2D eigenvalue weighted by atomic mass is 16.1. The van der Waals surface area contributed by atoms with Crippen LogP contribution in [0.4, 0.5) is 17.3 Å². The summed E-state index contributed by atoms with van der Waals surface area (Å²) in [5.41, 5.74) is 1.88. The van der Waals surface area contributed by atoms with Gasteiger partial charge in [0.05, 0.1) is 22.5 Å². The molecule has 0 aliphatic carbocycles. The molecule has 0 fully saturated rings. The standard InChI is InChI=1S/C19H12N6O/c20-11-13-5-1-3-7-15(13)23-18(26)17-9-10-22-19(25-17)24-16-8-4-2-6-14(16)12-21/h1-10H,(H,23,26)(H,22,24,25). The van der Waals surface area contributed by atoms with Gasteiger partial charge >= 0.3 is 0 Å². The van der Waals surface area contributed by atoms with Crippen LogP contribution in [0.1, 0.15) is 21.6 Å². The summed E-state index contributed by atoms with van der Waals surface area (Å²) in [6.45, 7) is 0. The number of aromatic nitrogens is 2. The van der Waals surface area contributed by atoms with E-state index >= 15 is 0 Å². The van der Waals surface area contributed by atoms with Crippen LogP contribution in [0.15, 0.2) is 60.8 Å². The van der Waals surface area contributed by atoms with Crippen LogP contribution >= 0.6 is 0 Å². The van der Waals surface area contributed by atoms with E-state index in [9.17, 15) is 4.79 Å². The van der Waals surface area contributed by atoms with Gasteiger partial charge in [0.15, 0.2) is 0 Å². The van der Waals surface area contributed by atoms with Gasteiger partial charge in [0, 0.05) is 6.20 Å². The molecule has 0 saturated heterocycles. The lowest BCUT2D eigenvalue weighted by Crippen LogP contribution is -2.15. The highest BCUT2D eigenvalue weighted by Gasteiger charge is 2.12. The Morgan fingerprint density at radius 2 is 1.50 bits per heavy atom. The molecular formula is C19H12N6O. The minimum Gasteiger partial charge on any atom is -0.323 e. The zero-order valence-corrected chi connectivity index (χ0v) is 13.5. The third-order valence-corrected chi connectivity index (χ3v) is 3.48. The van der Waals surface area contributed by atoms with E-state index in [1.54, 1.807) is 48.5 Å². The predicted octanol–water partition coefficient (Wildman–Crippen LogP) is 3.22. The lowest BCUT2D eigenvalue weighted by atomic mass is 10.2. The van der Waals surface area contributed by atoms with E-state index in [1.807, 2.05) is 6.07 Å². The van der Waals surface area contributed by atoms with Gasteiger partial charge in [-0.3, -0.25) is 4.79 Å². The average Bonchev–Trinajstić information content (AvgIpc) is 2.69. The second kappa shape index (κ2) is 7.56. The van der Waals surface area contributed by atoms with Gasteiger partial charge in [-0.05, 0) is 30.3 Å². The van der Waals surface area contributed by atoms with E-state index in [2.05, 4.69) is 26.7 Å². The van der Waals surface area contributed by atoms with E-state index < -0.39 is 5.91 Å². The monoisotopic (exact) mass is 340 g/mol. The molecule has 0 aliphatic rings. The van der Waals surface area contributed by atoms with Gasteiger partial charge in [0.25, 0.3) is 5.91 Å². The Morgan fingerprint density at radius 3 is 2.19 bits per heavy atom. The largest absolute Gasteiger partial charge is 0.323 e. The summed E-state index contributed by atoms with van der Waals surface area (Å²) >= 11 is 0. The van der Waals surface area contributed by atoms with Crippen LogP contribution < -0.4 is 10.6 Å². The molecule has 0 radical (unpaired) electrons. The molecule has 7 heteroatoms. The van der Waals surface area contributed by atoms with Gasteiger partial charge in [-0.25, -0.2) is 9.97 Å². The Labute approximate surface area is 149 Å². The molecule has 2 N–H and O–H groups in total. The van der Waals surface area contributed by atoms with E-state index in [0.29, 0.717) is 22.5 Å². The molecule has 1 amide bonds. The summed E-state index contributed by atoms with van der Waals surface area (Å²) < 4.78 is 0. The van der Waals surface area contributed by atoms with Crippen LogP contribution in [0.25, 0.3) is 0 Å². The third kappa shape index (κ3) is 3.64. The van der Waals surface area contributed by atoms with Crippen molar-refractivity contribution in [2.24, 2.45) is 0 Å². The van der Waals surface area contributed by atoms with E-state index in [1.165, 1.54) is 12.3 Å². The molecule has 0 saturated carbocycles. The molecule has 0 bridgehead atoms. The number of nitriles is 2. The first-order valence-corrected chi connectivity index (χ1v) is 7.61. The fraction of sp³-hybridized carbons (Fsp3) is 0. The number of para-hydroxylation sites is 2. The molecule has 3 rings (SSSR count). The van der Waals surface area contributed by atoms with Crippen molar-refractivity contribution < 1.29 is 4.79 Å². The molecule has 7 nitrogen and oxygen atoms in total. The number of hydrogen-bond acceptors (Lipinski definition) is 6. The van der Waals surface area contributed by atoms with Crippen LogP contribution in [0.3, 0.4) is 0 Å². The summed E-state index contributed by atoms with van der Waals surface area (Å²) in [5.74, 6) is -0.277. The van der Waals surface area contributed by atoms with Crippen LogP contribution in [0.5, 0.6) is 0 Å². The highest BCUT2D eigenvalue weighted by molar-refractivity contribution is 6.03. The molecule has 0 atom stereocenters. The molecular weight excluding hydrogens is 328 g/mol. The molecule has 2 aromatic carbocycles. The Morgan fingerprint density at radius 1 is 0.885 bits per heavy atom. The molecule has 0 unspecified atom stereocenters. The Hall–Kier alpha value is -4.23. The zero-order chi connectivity index (χ0) is 18.4. The van der Waals surface area contributed by atoms with Crippen molar-refractivity contribution in [1.82, 2.24) is 9.97 Å². The Bertz CT molecular complexity index is 1050. The minimum atomic E-state index is -0.466. The molecule has 0 aliphatic heterocycles. The molecule has 3 aromatic rings. The van der Waals surface area contributed by atoms with Gasteiger partial charge in [0.1, 0.15) is 17.8 Å². The first-order chi connectivity index (χ1) is 12.7.